The van der Waals surface area contributed by atoms with Crippen molar-refractivity contribution in [2.45, 2.75) is 32.2 Å². The summed E-state index contributed by atoms with van der Waals surface area (Å²) in [6.07, 6.45) is 4.66. The van der Waals surface area contributed by atoms with Crippen LogP contribution < -0.4 is 15.6 Å². The number of hydrogen-bond acceptors (Lipinski definition) is 6. The second-order valence-electron chi connectivity index (χ2n) is 6.11. The topological polar surface area (TPSA) is 92.8 Å². The first kappa shape index (κ1) is 15.6. The molecule has 7 nitrogen and oxygen atoms in total. The van der Waals surface area contributed by atoms with Crippen molar-refractivity contribution in [3.8, 4) is 17.1 Å². The summed E-state index contributed by atoms with van der Waals surface area (Å²) in [5.41, 5.74) is 0.857. The lowest BCUT2D eigenvalue weighted by atomic mass is 10.3. The Kier molecular flexibility index (Phi) is 4.05. The van der Waals surface area contributed by atoms with Gasteiger partial charge in [0.15, 0.2) is 5.65 Å². The largest absolute Gasteiger partial charge is 0.493 e. The van der Waals surface area contributed by atoms with Gasteiger partial charge in [0.1, 0.15) is 17.0 Å². The lowest BCUT2D eigenvalue weighted by Gasteiger charge is -2.10. The van der Waals surface area contributed by atoms with E-state index in [0.717, 1.165) is 24.8 Å². The van der Waals surface area contributed by atoms with Crippen LogP contribution in [0.1, 0.15) is 26.2 Å². The van der Waals surface area contributed by atoms with Gasteiger partial charge in [-0.3, -0.25) is 4.79 Å². The smallest absolute Gasteiger partial charge is 0.262 e. The van der Waals surface area contributed by atoms with Crippen molar-refractivity contribution in [1.82, 2.24) is 19.9 Å². The molecule has 0 aliphatic heterocycles. The first-order chi connectivity index (χ1) is 12.2. The molecule has 2 N–H and O–H groups in total. The molecule has 3 aromatic rings. The van der Waals surface area contributed by atoms with Crippen molar-refractivity contribution in [3.05, 3.63) is 40.8 Å². The lowest BCUT2D eigenvalue weighted by Crippen LogP contribution is -2.13. The number of nitrogens with one attached hydrogen (secondary N) is 2. The Bertz CT molecular complexity index is 965. The molecule has 4 rings (SSSR count). The maximum Gasteiger partial charge on any atom is 0.262 e. The van der Waals surface area contributed by atoms with Crippen LogP contribution in [0.2, 0.25) is 0 Å². The number of hydrogen-bond donors (Lipinski definition) is 2. The molecule has 0 unspecified atom stereocenters. The normalized spacial score (nSPS) is 13.8. The highest BCUT2D eigenvalue weighted by molar-refractivity contribution is 5.77. The van der Waals surface area contributed by atoms with Crippen LogP contribution in [0.25, 0.3) is 22.4 Å². The molecule has 0 atom stereocenters. The van der Waals surface area contributed by atoms with Gasteiger partial charge in [0, 0.05) is 12.2 Å². The quantitative estimate of drug-likeness (QED) is 0.717. The van der Waals surface area contributed by atoms with Gasteiger partial charge in [-0.25, -0.2) is 9.97 Å². The predicted molar refractivity (Wildman–Crippen MR) is 95.8 cm³/mol. The number of para-hydroxylation sites is 1. The van der Waals surface area contributed by atoms with Gasteiger partial charge in [-0.05, 0) is 31.4 Å². The van der Waals surface area contributed by atoms with Crippen LogP contribution in [-0.2, 0) is 0 Å². The Morgan fingerprint density at radius 2 is 2.20 bits per heavy atom. The average molecular weight is 339 g/mol. The number of nitrogens with zero attached hydrogens (tertiary/aromatic N) is 3. The molecule has 1 fully saturated rings. The number of H-pyrrole nitrogens is 1. The van der Waals surface area contributed by atoms with Crippen molar-refractivity contribution < 1.29 is 4.74 Å². The molecule has 128 valence electrons. The summed E-state index contributed by atoms with van der Waals surface area (Å²) in [5.74, 6) is 1.65. The summed E-state index contributed by atoms with van der Waals surface area (Å²) in [6.45, 7) is 2.65. The average Bonchev–Trinajstić information content (AvgIpc) is 3.44. The molecular weight excluding hydrogens is 320 g/mol. The van der Waals surface area contributed by atoms with Crippen LogP contribution in [0.15, 0.2) is 35.3 Å². The lowest BCUT2D eigenvalue weighted by molar-refractivity contribution is 0.318. The fourth-order valence-electron chi connectivity index (χ4n) is 2.53. The maximum atomic E-state index is 12.4. The van der Waals surface area contributed by atoms with Gasteiger partial charge in [-0.2, -0.15) is 4.98 Å². The fraction of sp³-hybridized carbons (Fsp3) is 0.333. The third kappa shape index (κ3) is 3.31. The zero-order chi connectivity index (χ0) is 17.2. The van der Waals surface area contributed by atoms with E-state index in [0.29, 0.717) is 41.2 Å². The Labute approximate surface area is 144 Å². The molecule has 0 amide bonds. The Morgan fingerprint density at radius 3 is 3.00 bits per heavy atom. The van der Waals surface area contributed by atoms with Crippen molar-refractivity contribution in [2.24, 2.45) is 0 Å². The molecule has 0 bridgehead atoms. The van der Waals surface area contributed by atoms with E-state index in [1.807, 2.05) is 31.2 Å². The molecular formula is C18H19N5O2. The third-order valence-corrected chi connectivity index (χ3v) is 3.98. The van der Waals surface area contributed by atoms with E-state index < -0.39 is 0 Å². The van der Waals surface area contributed by atoms with Crippen LogP contribution in [0.3, 0.4) is 0 Å². The van der Waals surface area contributed by atoms with Gasteiger partial charge in [-0.1, -0.05) is 19.1 Å². The molecule has 2 aromatic heterocycles. The summed E-state index contributed by atoms with van der Waals surface area (Å²) in [4.78, 5) is 28.4. The van der Waals surface area contributed by atoms with Crippen LogP contribution in [-0.4, -0.2) is 32.6 Å². The minimum atomic E-state index is -0.261. The number of aromatic amines is 1. The Morgan fingerprint density at radius 1 is 1.36 bits per heavy atom. The van der Waals surface area contributed by atoms with Crippen LogP contribution >= 0.6 is 0 Å². The number of ether oxygens (including phenoxy) is 1. The van der Waals surface area contributed by atoms with Gasteiger partial charge in [0.2, 0.25) is 5.95 Å². The van der Waals surface area contributed by atoms with Gasteiger partial charge in [0.25, 0.3) is 5.56 Å². The van der Waals surface area contributed by atoms with E-state index in [9.17, 15) is 4.79 Å². The van der Waals surface area contributed by atoms with Crippen molar-refractivity contribution in [3.63, 3.8) is 0 Å². The minimum absolute atomic E-state index is 0.261. The van der Waals surface area contributed by atoms with Gasteiger partial charge in [0.05, 0.1) is 12.2 Å². The van der Waals surface area contributed by atoms with E-state index in [4.69, 9.17) is 4.74 Å². The molecule has 1 aliphatic rings. The molecule has 1 aromatic carbocycles. The zero-order valence-corrected chi connectivity index (χ0v) is 14.0. The van der Waals surface area contributed by atoms with E-state index in [2.05, 4.69) is 25.3 Å². The van der Waals surface area contributed by atoms with Gasteiger partial charge < -0.3 is 15.0 Å². The van der Waals surface area contributed by atoms with Crippen molar-refractivity contribution >= 4 is 17.0 Å². The number of benzene rings is 1. The standard InChI is InChI=1S/C18H19N5O2/c1-2-9-25-14-6-4-3-5-12(14)15-21-16-13(17(24)22-15)10-19-18(23-16)20-11-7-8-11/h3-6,10-11H,2,7-9H2,1H3,(H2,19,20,21,22,23,24)/i15+2. The summed E-state index contributed by atoms with van der Waals surface area (Å²) < 4.78 is 5.77. The first-order valence-electron chi connectivity index (χ1n) is 8.50. The molecule has 25 heavy (non-hydrogen) atoms. The van der Waals surface area contributed by atoms with Crippen LogP contribution in [0, 0.1) is 0 Å². The van der Waals surface area contributed by atoms with E-state index in [-0.39, 0.29) is 5.56 Å². The fourth-order valence-corrected chi connectivity index (χ4v) is 2.53. The van der Waals surface area contributed by atoms with E-state index in [1.54, 1.807) is 0 Å². The van der Waals surface area contributed by atoms with Crippen LogP contribution in [0.5, 0.6) is 5.75 Å². The molecule has 1 aliphatic carbocycles. The number of aromatic nitrogens is 4. The Hall–Kier alpha value is -2.96. The Balaban J connectivity index is 1.78. The summed E-state index contributed by atoms with van der Waals surface area (Å²) in [5, 5.41) is 3.60. The van der Waals surface area contributed by atoms with Gasteiger partial charge >= 0.3 is 0 Å². The highest BCUT2D eigenvalue weighted by Crippen LogP contribution is 2.27. The highest BCUT2D eigenvalue weighted by Gasteiger charge is 2.22. The number of fused-ring (bicyclic) bond motifs is 1. The molecule has 1 saturated carbocycles. The number of anilines is 1. The predicted octanol–water partition coefficient (Wildman–Crippen LogP) is 2.74. The molecule has 0 spiro atoms. The van der Waals surface area contributed by atoms with E-state index in [1.165, 1.54) is 6.20 Å². The molecule has 2 heterocycles. The third-order valence-electron chi connectivity index (χ3n) is 3.98. The monoisotopic (exact) mass is 339 g/mol. The van der Waals surface area contributed by atoms with Crippen molar-refractivity contribution in [2.75, 3.05) is 11.9 Å². The highest BCUT2D eigenvalue weighted by atomic mass is 16.5. The summed E-state index contributed by atoms with van der Waals surface area (Å²) in [6, 6.07) is 7.96. The minimum Gasteiger partial charge on any atom is -0.493 e. The SMILES string of the molecule is CCCOc1ccccc1-[14c]1nc2nc(NC3CC3)ncc2c(=O)[nH]1. The second kappa shape index (κ2) is 6.51. The summed E-state index contributed by atoms with van der Waals surface area (Å²) >= 11 is 0. The first-order valence-corrected chi connectivity index (χ1v) is 8.50. The maximum absolute atomic E-state index is 12.4. The van der Waals surface area contributed by atoms with Crippen LogP contribution in [0.4, 0.5) is 5.95 Å². The van der Waals surface area contributed by atoms with Crippen molar-refractivity contribution in [1.29, 1.82) is 0 Å². The zero-order valence-electron chi connectivity index (χ0n) is 14.0. The van der Waals surface area contributed by atoms with Gasteiger partial charge in [-0.15, -0.1) is 0 Å². The molecule has 0 radical (unpaired) electrons. The van der Waals surface area contributed by atoms with E-state index >= 15 is 0 Å². The molecule has 0 saturated heterocycles. The summed E-state index contributed by atoms with van der Waals surface area (Å²) in [7, 11) is 0. The second-order valence-corrected chi connectivity index (χ2v) is 6.11. The molecule has 7 heteroatoms. The number of rotatable bonds is 6.